The SMILES string of the molecule is CCCc1nc(C)c2c(=O)[nH]c(-c3cc(S(=O)(=O)N(C)CC(OC)OC)ccc3OCC)nn12. The molecule has 3 aromatic rings. The number of nitrogens with one attached hydrogen (secondary N) is 1. The van der Waals surface area contributed by atoms with E-state index in [-0.39, 0.29) is 22.8 Å². The number of aryl methyl sites for hydroxylation is 2. The van der Waals surface area contributed by atoms with E-state index in [9.17, 15) is 13.2 Å². The number of nitrogens with zero attached hydrogens (tertiary/aromatic N) is 4. The minimum absolute atomic E-state index is 0.00634. The minimum Gasteiger partial charge on any atom is -0.493 e. The zero-order chi connectivity index (χ0) is 25.0. The van der Waals surface area contributed by atoms with Crippen molar-refractivity contribution in [1.82, 2.24) is 23.9 Å². The van der Waals surface area contributed by atoms with Crippen LogP contribution in [0.1, 0.15) is 31.8 Å². The zero-order valence-corrected chi connectivity index (χ0v) is 21.1. The van der Waals surface area contributed by atoms with E-state index in [0.717, 1.165) is 10.7 Å². The molecule has 0 radical (unpaired) electrons. The van der Waals surface area contributed by atoms with Crippen LogP contribution < -0.4 is 10.3 Å². The molecule has 11 nitrogen and oxygen atoms in total. The lowest BCUT2D eigenvalue weighted by molar-refractivity contribution is -0.106. The molecule has 186 valence electrons. The first-order chi connectivity index (χ1) is 16.2. The quantitative estimate of drug-likeness (QED) is 0.402. The number of benzene rings is 1. The first-order valence-corrected chi connectivity index (χ1v) is 12.4. The van der Waals surface area contributed by atoms with E-state index in [0.29, 0.717) is 41.4 Å². The van der Waals surface area contributed by atoms with Gasteiger partial charge in [-0.2, -0.15) is 4.31 Å². The molecule has 0 saturated carbocycles. The number of aromatic amines is 1. The van der Waals surface area contributed by atoms with E-state index in [1.807, 2.05) is 13.8 Å². The first-order valence-electron chi connectivity index (χ1n) is 11.0. The summed E-state index contributed by atoms with van der Waals surface area (Å²) in [5.74, 6) is 1.24. The van der Waals surface area contributed by atoms with Crippen LogP contribution in [0.4, 0.5) is 0 Å². The fourth-order valence-electron chi connectivity index (χ4n) is 3.61. The van der Waals surface area contributed by atoms with Gasteiger partial charge in [-0.15, -0.1) is 5.10 Å². The van der Waals surface area contributed by atoms with Crippen molar-refractivity contribution in [1.29, 1.82) is 0 Å². The first kappa shape index (κ1) is 25.8. The molecule has 3 rings (SSSR count). The van der Waals surface area contributed by atoms with Gasteiger partial charge in [0, 0.05) is 27.7 Å². The van der Waals surface area contributed by atoms with E-state index in [1.165, 1.54) is 37.9 Å². The van der Waals surface area contributed by atoms with E-state index in [1.54, 1.807) is 13.0 Å². The number of methoxy groups -OCH3 is 2. The Morgan fingerprint density at radius 1 is 1.21 bits per heavy atom. The number of hydrogen-bond acceptors (Lipinski definition) is 8. The summed E-state index contributed by atoms with van der Waals surface area (Å²) in [5, 5.41) is 4.60. The van der Waals surface area contributed by atoms with Crippen LogP contribution in [0.5, 0.6) is 5.75 Å². The van der Waals surface area contributed by atoms with E-state index >= 15 is 0 Å². The summed E-state index contributed by atoms with van der Waals surface area (Å²) in [6.45, 7) is 5.93. The van der Waals surface area contributed by atoms with Gasteiger partial charge in [-0.3, -0.25) is 4.79 Å². The molecule has 34 heavy (non-hydrogen) atoms. The number of likely N-dealkylation sites (N-methyl/N-ethyl adjacent to an activating group) is 1. The molecule has 12 heteroatoms. The normalized spacial score (nSPS) is 12.2. The molecule has 0 unspecified atom stereocenters. The molecule has 0 aliphatic rings. The van der Waals surface area contributed by atoms with Gasteiger partial charge in [-0.25, -0.2) is 17.9 Å². The zero-order valence-electron chi connectivity index (χ0n) is 20.3. The molecule has 2 heterocycles. The van der Waals surface area contributed by atoms with Gasteiger partial charge in [-0.1, -0.05) is 6.92 Å². The molecule has 0 aliphatic heterocycles. The summed E-state index contributed by atoms with van der Waals surface area (Å²) >= 11 is 0. The fraction of sp³-hybridized carbons (Fsp3) is 0.500. The van der Waals surface area contributed by atoms with Crippen LogP contribution in [0.3, 0.4) is 0 Å². The number of imidazole rings is 1. The fourth-order valence-corrected chi connectivity index (χ4v) is 4.80. The Morgan fingerprint density at radius 2 is 1.91 bits per heavy atom. The van der Waals surface area contributed by atoms with Gasteiger partial charge in [0.1, 0.15) is 11.6 Å². The largest absolute Gasteiger partial charge is 0.493 e. The predicted molar refractivity (Wildman–Crippen MR) is 127 cm³/mol. The number of aromatic nitrogens is 4. The van der Waals surface area contributed by atoms with Gasteiger partial charge in [0.15, 0.2) is 17.6 Å². The van der Waals surface area contributed by atoms with Crippen LogP contribution in [-0.2, 0) is 25.9 Å². The maximum absolute atomic E-state index is 13.2. The van der Waals surface area contributed by atoms with Gasteiger partial charge in [0.05, 0.1) is 29.3 Å². The Kier molecular flexibility index (Phi) is 8.08. The van der Waals surface area contributed by atoms with Crippen molar-refractivity contribution in [2.24, 2.45) is 0 Å². The van der Waals surface area contributed by atoms with Gasteiger partial charge in [0.2, 0.25) is 10.0 Å². The second kappa shape index (κ2) is 10.6. The highest BCUT2D eigenvalue weighted by Crippen LogP contribution is 2.31. The summed E-state index contributed by atoms with van der Waals surface area (Å²) < 4.78 is 45.1. The van der Waals surface area contributed by atoms with E-state index < -0.39 is 16.3 Å². The van der Waals surface area contributed by atoms with Crippen LogP contribution in [0, 0.1) is 6.92 Å². The molecule has 0 amide bonds. The standard InChI is InChI=1S/C22H31N5O6S/c1-7-9-18-23-14(3)20-22(28)24-21(25-27(18)20)16-12-15(10-11-17(16)33-8-2)34(29,30)26(4)13-19(31-5)32-6/h10-12,19H,7-9,13H2,1-6H3,(H,24,25,28). The maximum Gasteiger partial charge on any atom is 0.277 e. The molecule has 1 aromatic carbocycles. The molecule has 0 bridgehead atoms. The molecular weight excluding hydrogens is 462 g/mol. The summed E-state index contributed by atoms with van der Waals surface area (Å²) in [7, 11) is 0.409. The monoisotopic (exact) mass is 493 g/mol. The van der Waals surface area contributed by atoms with Crippen molar-refractivity contribution in [3.8, 4) is 17.1 Å². The molecule has 0 saturated heterocycles. The van der Waals surface area contributed by atoms with Crippen molar-refractivity contribution in [3.05, 3.63) is 40.1 Å². The lowest BCUT2D eigenvalue weighted by atomic mass is 10.2. The number of hydrogen-bond donors (Lipinski definition) is 1. The van der Waals surface area contributed by atoms with Crippen LogP contribution in [-0.4, -0.2) is 73.0 Å². The highest BCUT2D eigenvalue weighted by atomic mass is 32.2. The van der Waals surface area contributed by atoms with E-state index in [2.05, 4.69) is 15.1 Å². The van der Waals surface area contributed by atoms with Gasteiger partial charge in [0.25, 0.3) is 5.56 Å². The third-order valence-electron chi connectivity index (χ3n) is 5.36. The maximum atomic E-state index is 13.2. The average Bonchev–Trinajstić information content (AvgIpc) is 3.13. The summed E-state index contributed by atoms with van der Waals surface area (Å²) in [4.78, 5) is 20.2. The summed E-state index contributed by atoms with van der Waals surface area (Å²) in [5.41, 5.74) is 0.920. The van der Waals surface area contributed by atoms with Crippen molar-refractivity contribution in [2.75, 3.05) is 34.4 Å². The van der Waals surface area contributed by atoms with Crippen LogP contribution in [0.15, 0.2) is 27.9 Å². The van der Waals surface area contributed by atoms with Crippen molar-refractivity contribution in [2.45, 2.75) is 44.8 Å². The van der Waals surface area contributed by atoms with E-state index in [4.69, 9.17) is 14.2 Å². The lowest BCUT2D eigenvalue weighted by Crippen LogP contribution is -2.36. The highest BCUT2D eigenvalue weighted by molar-refractivity contribution is 7.89. The van der Waals surface area contributed by atoms with Gasteiger partial charge in [-0.05, 0) is 38.5 Å². The van der Waals surface area contributed by atoms with Gasteiger partial charge < -0.3 is 19.2 Å². The Hall–Kier alpha value is -2.80. The smallest absolute Gasteiger partial charge is 0.277 e. The molecule has 0 aliphatic carbocycles. The number of fused-ring (bicyclic) bond motifs is 1. The minimum atomic E-state index is -3.90. The third kappa shape index (κ3) is 4.99. The van der Waals surface area contributed by atoms with Gasteiger partial charge >= 0.3 is 0 Å². The Bertz CT molecular complexity index is 1310. The number of rotatable bonds is 11. The number of H-pyrrole nitrogens is 1. The Labute approximate surface area is 198 Å². The second-order valence-corrected chi connectivity index (χ2v) is 9.75. The highest BCUT2D eigenvalue weighted by Gasteiger charge is 2.26. The third-order valence-corrected chi connectivity index (χ3v) is 7.18. The molecule has 0 fully saturated rings. The second-order valence-electron chi connectivity index (χ2n) is 7.70. The van der Waals surface area contributed by atoms with Crippen molar-refractivity contribution < 1.29 is 22.6 Å². The topological polar surface area (TPSA) is 128 Å². The van der Waals surface area contributed by atoms with Crippen LogP contribution >= 0.6 is 0 Å². The van der Waals surface area contributed by atoms with Crippen molar-refractivity contribution >= 4 is 15.5 Å². The van der Waals surface area contributed by atoms with Crippen LogP contribution in [0.2, 0.25) is 0 Å². The molecule has 1 N–H and O–H groups in total. The Morgan fingerprint density at radius 3 is 2.53 bits per heavy atom. The lowest BCUT2D eigenvalue weighted by Gasteiger charge is -2.22. The summed E-state index contributed by atoms with van der Waals surface area (Å²) in [6.07, 6.45) is 0.753. The molecule has 2 aromatic heterocycles. The Balaban J connectivity index is 2.16. The van der Waals surface area contributed by atoms with Crippen LogP contribution in [0.25, 0.3) is 16.9 Å². The molecular formula is C22H31N5O6S. The number of sulfonamides is 1. The average molecular weight is 494 g/mol. The molecule has 0 spiro atoms. The predicted octanol–water partition coefficient (Wildman–Crippen LogP) is 1.98. The molecule has 0 atom stereocenters. The number of ether oxygens (including phenoxy) is 3. The van der Waals surface area contributed by atoms with Crippen molar-refractivity contribution in [3.63, 3.8) is 0 Å². The summed E-state index contributed by atoms with van der Waals surface area (Å²) in [6, 6.07) is 4.45.